The number of rotatable bonds is 3. The Bertz CT molecular complexity index is 114. The Morgan fingerprint density at radius 3 is 2.33 bits per heavy atom. The van der Waals surface area contributed by atoms with Gasteiger partial charge in [0.15, 0.2) is 6.34 Å². The van der Waals surface area contributed by atoms with Crippen LogP contribution >= 0.6 is 0 Å². The van der Waals surface area contributed by atoms with Crippen LogP contribution in [0.3, 0.4) is 0 Å². The van der Waals surface area contributed by atoms with Crippen molar-refractivity contribution >= 4 is 13.1 Å². The summed E-state index contributed by atoms with van der Waals surface area (Å²) in [6.45, 7) is 3.19. The van der Waals surface area contributed by atoms with Gasteiger partial charge in [0.25, 0.3) is 0 Å². The molecule has 0 aliphatic rings. The van der Waals surface area contributed by atoms with Crippen LogP contribution < -0.4 is 0 Å². The van der Waals surface area contributed by atoms with E-state index in [1.807, 2.05) is 21.1 Å². The topological polar surface area (TPSA) is 34.0 Å². The number of aliphatic imine (C=N–C) groups is 1. The lowest BCUT2D eigenvalue weighted by atomic mass is 11.0. The molecular weight excluding hydrogens is 118 g/mol. The number of oxime groups is 1. The average Bonchev–Trinajstić information content (AvgIpc) is 1.63. The molecule has 0 bridgehead atoms. The molecule has 0 aromatic rings. The number of nitrogens with zero attached hydrogens (tertiary/aromatic N) is 3. The van der Waals surface area contributed by atoms with E-state index in [-0.39, 0.29) is 0 Å². The smallest absolute Gasteiger partial charge is 0.160 e. The van der Waals surface area contributed by atoms with E-state index in [9.17, 15) is 0 Å². The van der Waals surface area contributed by atoms with Gasteiger partial charge >= 0.3 is 0 Å². The van der Waals surface area contributed by atoms with Crippen molar-refractivity contribution in [3.63, 3.8) is 0 Å². The monoisotopic (exact) mass is 130 g/mol. The second kappa shape index (κ2) is 3.19. The minimum Gasteiger partial charge on any atom is -0.249 e. The normalized spacial score (nSPS) is 11.9. The van der Waals surface area contributed by atoms with Crippen LogP contribution in [0.5, 0.6) is 0 Å². The summed E-state index contributed by atoms with van der Waals surface area (Å²) in [5, 5.41) is 3.48. The lowest BCUT2D eigenvalue weighted by molar-refractivity contribution is -1.06. The fourth-order valence-corrected chi connectivity index (χ4v) is 0.196. The summed E-state index contributed by atoms with van der Waals surface area (Å²) >= 11 is 0. The quantitative estimate of drug-likeness (QED) is 0.233. The van der Waals surface area contributed by atoms with E-state index in [0.717, 1.165) is 0 Å². The Balaban J connectivity index is 3.50. The molecule has 0 fully saturated rings. The van der Waals surface area contributed by atoms with Gasteiger partial charge in [-0.2, -0.15) is 4.94 Å². The van der Waals surface area contributed by atoms with Crippen molar-refractivity contribution in [3.8, 4) is 0 Å². The van der Waals surface area contributed by atoms with Crippen LogP contribution in [0.15, 0.2) is 10.1 Å². The summed E-state index contributed by atoms with van der Waals surface area (Å²) in [6.07, 6.45) is 1.25. The third-order valence-corrected chi connectivity index (χ3v) is 0.421. The minimum atomic E-state index is 0.325. The molecule has 0 heterocycles. The van der Waals surface area contributed by atoms with Crippen LogP contribution in [0.2, 0.25) is 0 Å². The molecule has 0 spiro atoms. The molecule has 0 N–H and O–H groups in total. The highest BCUT2D eigenvalue weighted by Crippen LogP contribution is 1.90. The molecule has 0 radical (unpaired) electrons. The first-order valence-corrected chi connectivity index (χ1v) is 2.54. The summed E-state index contributed by atoms with van der Waals surface area (Å²) in [5.74, 6) is 0. The van der Waals surface area contributed by atoms with Crippen molar-refractivity contribution in [2.75, 3.05) is 21.1 Å². The van der Waals surface area contributed by atoms with Crippen molar-refractivity contribution in [2.45, 2.75) is 0 Å². The largest absolute Gasteiger partial charge is 0.249 e. The summed E-state index contributed by atoms with van der Waals surface area (Å²) in [5.41, 5.74) is 0. The maximum Gasteiger partial charge on any atom is 0.160 e. The fourth-order valence-electron chi connectivity index (χ4n) is 0.196. The molecule has 0 amide bonds. The molecule has 0 unspecified atom stereocenters. The van der Waals surface area contributed by atoms with Crippen LogP contribution in [-0.2, 0) is 4.94 Å². The zero-order chi connectivity index (χ0) is 7.33. The van der Waals surface area contributed by atoms with E-state index in [1.54, 1.807) is 0 Å². The zero-order valence-electron chi connectivity index (χ0n) is 6.03. The molecule has 52 valence electrons. The van der Waals surface area contributed by atoms with Crippen molar-refractivity contribution in [1.29, 1.82) is 0 Å². The highest BCUT2D eigenvalue weighted by Gasteiger charge is 2.04. The van der Waals surface area contributed by atoms with Crippen LogP contribution in [0.4, 0.5) is 0 Å². The third kappa shape index (κ3) is 7.10. The predicted molar refractivity (Wildman–Crippen MR) is 37.2 cm³/mol. The van der Waals surface area contributed by atoms with Gasteiger partial charge < -0.3 is 0 Å². The minimum absolute atomic E-state index is 0.325. The Morgan fingerprint density at radius 1 is 1.44 bits per heavy atom. The van der Waals surface area contributed by atoms with E-state index < -0.39 is 0 Å². The molecule has 0 aliphatic carbocycles. The lowest BCUT2D eigenvalue weighted by Gasteiger charge is -2.15. The SMILES string of the molecule is C=NC=NO[N+](C)(C)C. The molecule has 0 saturated carbocycles. The molecule has 0 rings (SSSR count). The van der Waals surface area contributed by atoms with Gasteiger partial charge in [-0.15, -0.1) is 4.65 Å². The molecule has 0 aromatic carbocycles. The van der Waals surface area contributed by atoms with Crippen LogP contribution in [0.25, 0.3) is 0 Å². The average molecular weight is 130 g/mol. The lowest BCUT2D eigenvalue weighted by Crippen LogP contribution is -2.32. The molecule has 4 nitrogen and oxygen atoms in total. The predicted octanol–water partition coefficient (Wildman–Crippen LogP) is 0.268. The molecular formula is C5H12N3O+. The second-order valence-electron chi connectivity index (χ2n) is 2.37. The molecule has 4 heteroatoms. The van der Waals surface area contributed by atoms with Crippen molar-refractivity contribution in [1.82, 2.24) is 0 Å². The maximum absolute atomic E-state index is 4.84. The number of hydroxylamine groups is 3. The van der Waals surface area contributed by atoms with Gasteiger partial charge in [0.2, 0.25) is 0 Å². The molecule has 0 atom stereocenters. The highest BCUT2D eigenvalue weighted by atomic mass is 16.8. The molecule has 9 heavy (non-hydrogen) atoms. The Kier molecular flexibility index (Phi) is 2.87. The zero-order valence-corrected chi connectivity index (χ0v) is 6.03. The maximum atomic E-state index is 4.84. The van der Waals surface area contributed by atoms with Crippen LogP contribution in [0, 0.1) is 0 Å². The first kappa shape index (κ1) is 8.10. The summed E-state index contributed by atoms with van der Waals surface area (Å²) in [4.78, 5) is 8.20. The number of hydrogen-bond donors (Lipinski definition) is 0. The van der Waals surface area contributed by atoms with Crippen molar-refractivity contribution < 1.29 is 9.58 Å². The molecule has 0 aliphatic heterocycles. The Labute approximate surface area is 55.0 Å². The van der Waals surface area contributed by atoms with Gasteiger partial charge in [0, 0.05) is 0 Å². The number of hydrogen-bond acceptors (Lipinski definition) is 2. The van der Waals surface area contributed by atoms with Crippen LogP contribution in [-0.4, -0.2) is 38.8 Å². The van der Waals surface area contributed by atoms with Crippen molar-refractivity contribution in [2.24, 2.45) is 10.1 Å². The van der Waals surface area contributed by atoms with Gasteiger partial charge in [-0.3, -0.25) is 0 Å². The first-order chi connectivity index (χ1) is 4.06. The number of quaternary nitrogens is 1. The third-order valence-electron chi connectivity index (χ3n) is 0.421. The summed E-state index contributed by atoms with van der Waals surface area (Å²) in [7, 11) is 5.54. The van der Waals surface area contributed by atoms with E-state index in [2.05, 4.69) is 16.9 Å². The Hall–Kier alpha value is -0.900. The standard InChI is InChI=1S/C5H12N3O/c1-6-5-7-9-8(2,3)4/h5H,1H2,2-4H3/q+1. The van der Waals surface area contributed by atoms with E-state index in [4.69, 9.17) is 4.94 Å². The summed E-state index contributed by atoms with van der Waals surface area (Å²) < 4.78 is 0.325. The van der Waals surface area contributed by atoms with Crippen molar-refractivity contribution in [3.05, 3.63) is 0 Å². The summed E-state index contributed by atoms with van der Waals surface area (Å²) in [6, 6.07) is 0. The fraction of sp³-hybridized carbons (Fsp3) is 0.600. The molecule has 0 aromatic heterocycles. The van der Waals surface area contributed by atoms with E-state index in [0.29, 0.717) is 4.65 Å². The van der Waals surface area contributed by atoms with Gasteiger partial charge in [0.1, 0.15) is 21.1 Å². The van der Waals surface area contributed by atoms with Gasteiger partial charge in [-0.25, -0.2) is 4.99 Å². The van der Waals surface area contributed by atoms with Gasteiger partial charge in [-0.1, -0.05) is 0 Å². The second-order valence-corrected chi connectivity index (χ2v) is 2.37. The Morgan fingerprint density at radius 2 is 2.00 bits per heavy atom. The van der Waals surface area contributed by atoms with E-state index >= 15 is 0 Å². The molecule has 0 saturated heterocycles. The van der Waals surface area contributed by atoms with E-state index in [1.165, 1.54) is 6.34 Å². The van der Waals surface area contributed by atoms with Gasteiger partial charge in [0.05, 0.1) is 0 Å². The first-order valence-electron chi connectivity index (χ1n) is 2.54. The van der Waals surface area contributed by atoms with Crippen LogP contribution in [0.1, 0.15) is 0 Å². The highest BCUT2D eigenvalue weighted by molar-refractivity contribution is 5.61. The van der Waals surface area contributed by atoms with Gasteiger partial charge in [-0.05, 0) is 11.9 Å².